The second-order valence-corrected chi connectivity index (χ2v) is 7.42. The number of hydrogen-bond acceptors (Lipinski definition) is 3. The van der Waals surface area contributed by atoms with Gasteiger partial charge < -0.3 is 14.3 Å². The first kappa shape index (κ1) is 16.5. The van der Waals surface area contributed by atoms with Crippen LogP contribution < -0.4 is 5.32 Å². The molecule has 0 unspecified atom stereocenters. The molecule has 2 aliphatic rings. The summed E-state index contributed by atoms with van der Waals surface area (Å²) in [5.41, 5.74) is 2.88. The van der Waals surface area contributed by atoms with E-state index in [0.717, 1.165) is 35.7 Å². The van der Waals surface area contributed by atoms with Crippen LogP contribution >= 0.6 is 0 Å². The van der Waals surface area contributed by atoms with Crippen LogP contribution in [0, 0.1) is 13.8 Å². The van der Waals surface area contributed by atoms with Crippen molar-refractivity contribution < 1.29 is 9.21 Å². The number of aryl methyl sites for hydroxylation is 1. The van der Waals surface area contributed by atoms with E-state index in [9.17, 15) is 4.79 Å². The fraction of sp³-hybridized carbons (Fsp3) is 0.550. The molecule has 2 aromatic rings. The first-order chi connectivity index (χ1) is 12.1. The number of amides is 1. The second kappa shape index (κ2) is 6.71. The fourth-order valence-corrected chi connectivity index (χ4v) is 4.49. The lowest BCUT2D eigenvalue weighted by atomic mass is 9.99. The minimum atomic E-state index is 0.0659. The predicted molar refractivity (Wildman–Crippen MR) is 96.8 cm³/mol. The van der Waals surface area contributed by atoms with E-state index in [-0.39, 0.29) is 5.91 Å². The van der Waals surface area contributed by atoms with Crippen LogP contribution in [0.25, 0.3) is 0 Å². The first-order valence-electron chi connectivity index (χ1n) is 9.37. The summed E-state index contributed by atoms with van der Waals surface area (Å²) in [4.78, 5) is 15.4. The van der Waals surface area contributed by atoms with Gasteiger partial charge in [-0.25, -0.2) is 0 Å². The van der Waals surface area contributed by atoms with Crippen molar-refractivity contribution in [2.75, 3.05) is 13.1 Å². The van der Waals surface area contributed by atoms with Gasteiger partial charge >= 0.3 is 0 Å². The molecule has 4 heterocycles. The molecule has 2 fully saturated rings. The van der Waals surface area contributed by atoms with Gasteiger partial charge in [0.05, 0.1) is 18.4 Å². The third-order valence-corrected chi connectivity index (χ3v) is 5.88. The molecule has 2 aliphatic heterocycles. The van der Waals surface area contributed by atoms with Crippen molar-refractivity contribution in [3.8, 4) is 0 Å². The third kappa shape index (κ3) is 3.13. The fourth-order valence-electron chi connectivity index (χ4n) is 4.49. The van der Waals surface area contributed by atoms with Crippen molar-refractivity contribution >= 4 is 5.91 Å². The number of hydrogen-bond donors (Lipinski definition) is 1. The Labute approximate surface area is 149 Å². The van der Waals surface area contributed by atoms with Crippen LogP contribution in [0.4, 0.5) is 0 Å². The van der Waals surface area contributed by atoms with Crippen LogP contribution in [0.1, 0.15) is 53.2 Å². The van der Waals surface area contributed by atoms with Crippen LogP contribution in [0.5, 0.6) is 0 Å². The Hall–Kier alpha value is -2.01. The molecule has 4 rings (SSSR count). The van der Waals surface area contributed by atoms with E-state index in [0.29, 0.717) is 18.6 Å². The lowest BCUT2D eigenvalue weighted by molar-refractivity contribution is 0.0914. The maximum absolute atomic E-state index is 12.9. The van der Waals surface area contributed by atoms with Crippen molar-refractivity contribution in [2.24, 2.45) is 0 Å². The minimum Gasteiger partial charge on any atom is -0.467 e. The van der Waals surface area contributed by atoms with Crippen LogP contribution in [-0.4, -0.2) is 40.5 Å². The normalized spacial score (nSPS) is 23.6. The summed E-state index contributed by atoms with van der Waals surface area (Å²) < 4.78 is 7.61. The number of carbonyl (C=O) groups is 1. The van der Waals surface area contributed by atoms with Crippen molar-refractivity contribution in [3.05, 3.63) is 47.2 Å². The molecule has 134 valence electrons. The number of furan rings is 1. The summed E-state index contributed by atoms with van der Waals surface area (Å²) in [7, 11) is 0. The highest BCUT2D eigenvalue weighted by Gasteiger charge is 2.36. The third-order valence-electron chi connectivity index (χ3n) is 5.88. The van der Waals surface area contributed by atoms with E-state index < -0.39 is 0 Å². The molecule has 25 heavy (non-hydrogen) atoms. The summed E-state index contributed by atoms with van der Waals surface area (Å²) >= 11 is 0. The molecule has 1 N–H and O–H groups in total. The van der Waals surface area contributed by atoms with E-state index in [1.807, 2.05) is 32.0 Å². The Morgan fingerprint density at radius 3 is 2.96 bits per heavy atom. The Morgan fingerprint density at radius 1 is 1.28 bits per heavy atom. The van der Waals surface area contributed by atoms with Gasteiger partial charge in [-0.3, -0.25) is 9.69 Å². The van der Waals surface area contributed by atoms with E-state index in [4.69, 9.17) is 4.42 Å². The average molecular weight is 341 g/mol. The zero-order valence-electron chi connectivity index (χ0n) is 15.1. The van der Waals surface area contributed by atoms with Gasteiger partial charge in [-0.2, -0.15) is 0 Å². The zero-order valence-corrected chi connectivity index (χ0v) is 15.1. The topological polar surface area (TPSA) is 50.4 Å². The van der Waals surface area contributed by atoms with Crippen LogP contribution in [0.15, 0.2) is 28.9 Å². The van der Waals surface area contributed by atoms with Gasteiger partial charge in [0.1, 0.15) is 5.76 Å². The number of carbonyl (C=O) groups excluding carboxylic acids is 1. The molecule has 2 saturated heterocycles. The summed E-state index contributed by atoms with van der Waals surface area (Å²) in [6.07, 6.45) is 6.55. The van der Waals surface area contributed by atoms with E-state index in [1.54, 1.807) is 6.26 Å². The van der Waals surface area contributed by atoms with E-state index in [1.165, 1.54) is 25.8 Å². The molecule has 0 radical (unpaired) electrons. The lowest BCUT2D eigenvalue weighted by Gasteiger charge is -2.32. The maximum atomic E-state index is 12.9. The molecule has 0 spiro atoms. The number of rotatable bonds is 4. The van der Waals surface area contributed by atoms with Crippen LogP contribution in [0.3, 0.4) is 0 Å². The zero-order chi connectivity index (χ0) is 17.4. The molecule has 0 bridgehead atoms. The number of nitrogens with zero attached hydrogens (tertiary/aromatic N) is 2. The largest absolute Gasteiger partial charge is 0.467 e. The van der Waals surface area contributed by atoms with Crippen molar-refractivity contribution in [2.45, 2.75) is 58.2 Å². The highest BCUT2D eigenvalue weighted by atomic mass is 16.3. The Balaban J connectivity index is 1.49. The van der Waals surface area contributed by atoms with Crippen molar-refractivity contribution in [3.63, 3.8) is 0 Å². The number of nitrogens with one attached hydrogen (secondary N) is 1. The van der Waals surface area contributed by atoms with Gasteiger partial charge in [0, 0.05) is 30.0 Å². The Kier molecular flexibility index (Phi) is 4.42. The standard InChI is InChI=1S/C20H27N3O2/c1-14-12-17(15(2)23(14)13-16-6-5-11-25-16)20(24)21-18-8-10-22-9-4-3-7-19(18)22/h5-6,11-12,18-19H,3-4,7-10,13H2,1-2H3,(H,21,24)/t18-,19+/m1/s1. The van der Waals surface area contributed by atoms with Gasteiger partial charge in [0.15, 0.2) is 0 Å². The maximum Gasteiger partial charge on any atom is 0.253 e. The van der Waals surface area contributed by atoms with Crippen LogP contribution in [0.2, 0.25) is 0 Å². The highest BCUT2D eigenvalue weighted by molar-refractivity contribution is 5.96. The van der Waals surface area contributed by atoms with Gasteiger partial charge in [-0.1, -0.05) is 6.42 Å². The number of fused-ring (bicyclic) bond motifs is 1. The molecule has 0 saturated carbocycles. The molecule has 1 amide bonds. The molecule has 0 aliphatic carbocycles. The van der Waals surface area contributed by atoms with Crippen molar-refractivity contribution in [1.29, 1.82) is 0 Å². The Morgan fingerprint density at radius 2 is 2.16 bits per heavy atom. The molecule has 5 heteroatoms. The predicted octanol–water partition coefficient (Wildman–Crippen LogP) is 3.10. The molecular weight excluding hydrogens is 314 g/mol. The molecule has 2 atom stereocenters. The minimum absolute atomic E-state index is 0.0659. The molecule has 5 nitrogen and oxygen atoms in total. The van der Waals surface area contributed by atoms with E-state index >= 15 is 0 Å². The molecule has 2 aromatic heterocycles. The van der Waals surface area contributed by atoms with Gasteiger partial charge in [-0.15, -0.1) is 0 Å². The summed E-state index contributed by atoms with van der Waals surface area (Å²) in [6, 6.07) is 6.69. The SMILES string of the molecule is Cc1cc(C(=O)N[C@@H]2CCN3CCCC[C@@H]23)c(C)n1Cc1ccco1. The van der Waals surface area contributed by atoms with Gasteiger partial charge in [-0.05, 0) is 57.9 Å². The molecular formula is C20H27N3O2. The summed E-state index contributed by atoms with van der Waals surface area (Å²) in [5, 5.41) is 3.32. The Bertz CT molecular complexity index is 747. The van der Waals surface area contributed by atoms with Crippen molar-refractivity contribution in [1.82, 2.24) is 14.8 Å². The average Bonchev–Trinajstić information content (AvgIpc) is 3.32. The molecule has 0 aromatic carbocycles. The summed E-state index contributed by atoms with van der Waals surface area (Å²) in [6.45, 7) is 7.04. The second-order valence-electron chi connectivity index (χ2n) is 7.42. The number of aromatic nitrogens is 1. The first-order valence-corrected chi connectivity index (χ1v) is 9.37. The highest BCUT2D eigenvalue weighted by Crippen LogP contribution is 2.27. The van der Waals surface area contributed by atoms with E-state index in [2.05, 4.69) is 14.8 Å². The summed E-state index contributed by atoms with van der Waals surface area (Å²) in [5.74, 6) is 0.971. The monoisotopic (exact) mass is 341 g/mol. The smallest absolute Gasteiger partial charge is 0.253 e. The van der Waals surface area contributed by atoms with Crippen LogP contribution in [-0.2, 0) is 6.54 Å². The quantitative estimate of drug-likeness (QED) is 0.930. The lowest BCUT2D eigenvalue weighted by Crippen LogP contribution is -2.46. The number of piperidine rings is 1. The van der Waals surface area contributed by atoms with Gasteiger partial charge in [0.25, 0.3) is 5.91 Å². The van der Waals surface area contributed by atoms with Gasteiger partial charge in [0.2, 0.25) is 0 Å².